The lowest BCUT2D eigenvalue weighted by atomic mass is 10.1. The number of hydrogen-bond donors (Lipinski definition) is 4. The summed E-state index contributed by atoms with van der Waals surface area (Å²) in [5.74, 6) is -1.12. The number of aliphatic hydroxyl groups excluding tert-OH is 1. The van der Waals surface area contributed by atoms with Crippen LogP contribution in [0.15, 0.2) is 97.2 Å². The summed E-state index contributed by atoms with van der Waals surface area (Å²) in [6, 6.07) is 0. The average molecular weight is 899 g/mol. The molecule has 0 aliphatic heterocycles. The molecule has 0 bridgehead atoms. The van der Waals surface area contributed by atoms with Gasteiger partial charge in [0.15, 0.2) is 6.10 Å². The summed E-state index contributed by atoms with van der Waals surface area (Å²) in [6.45, 7) is 1.52. The minimum absolute atomic E-state index is 0.0780. The van der Waals surface area contributed by atoms with Gasteiger partial charge in [-0.25, -0.2) is 9.13 Å². The maximum Gasteiger partial charge on any atom is 0.472 e. The Balaban J connectivity index is 4.66. The van der Waals surface area contributed by atoms with Gasteiger partial charge in [-0.05, 0) is 96.3 Å². The number of phosphoric acid groups is 2. The average Bonchev–Trinajstić information content (AvgIpc) is 3.22. The lowest BCUT2D eigenvalue weighted by molar-refractivity contribution is -0.161. The van der Waals surface area contributed by atoms with Crippen molar-refractivity contribution in [1.29, 1.82) is 0 Å². The van der Waals surface area contributed by atoms with Crippen molar-refractivity contribution in [3.8, 4) is 0 Å². The molecular weight excluding hydrogens is 822 g/mol. The Morgan fingerprint density at radius 3 is 1.39 bits per heavy atom. The van der Waals surface area contributed by atoms with Gasteiger partial charge in [-0.1, -0.05) is 130 Å². The van der Waals surface area contributed by atoms with Gasteiger partial charge in [-0.3, -0.25) is 23.2 Å². The summed E-state index contributed by atoms with van der Waals surface area (Å²) in [4.78, 5) is 52.7. The van der Waals surface area contributed by atoms with E-state index in [0.717, 1.165) is 83.5 Å². The molecule has 0 aromatic heterocycles. The predicted octanol–water partition coefficient (Wildman–Crippen LogP) is 11.3. The van der Waals surface area contributed by atoms with Crippen molar-refractivity contribution >= 4 is 27.6 Å². The van der Waals surface area contributed by atoms with Gasteiger partial charge in [0.1, 0.15) is 12.7 Å². The van der Waals surface area contributed by atoms with Crippen LogP contribution >= 0.6 is 15.6 Å². The number of carbonyl (C=O) groups excluding carboxylic acids is 2. The third-order valence-electron chi connectivity index (χ3n) is 8.45. The summed E-state index contributed by atoms with van der Waals surface area (Å²) < 4.78 is 47.7. The van der Waals surface area contributed by atoms with E-state index < -0.39 is 66.2 Å². The monoisotopic (exact) mass is 898 g/mol. The van der Waals surface area contributed by atoms with Crippen LogP contribution in [-0.4, -0.2) is 70.4 Å². The van der Waals surface area contributed by atoms with Crippen molar-refractivity contribution < 1.29 is 61.6 Å². The minimum atomic E-state index is -4.87. The normalized spacial score (nSPS) is 14.9. The molecule has 0 fully saturated rings. The highest BCUT2D eigenvalue weighted by molar-refractivity contribution is 7.47. The third kappa shape index (κ3) is 44.9. The van der Waals surface area contributed by atoms with Crippen LogP contribution in [0.5, 0.6) is 0 Å². The van der Waals surface area contributed by atoms with E-state index in [1.165, 1.54) is 19.3 Å². The highest BCUT2D eigenvalue weighted by Gasteiger charge is 2.28. The minimum Gasteiger partial charge on any atom is -0.462 e. The first-order chi connectivity index (χ1) is 29.4. The fourth-order valence-corrected chi connectivity index (χ4v) is 6.30. The molecule has 4 N–H and O–H groups in total. The Hall–Kier alpha value is -2.96. The highest BCUT2D eigenvalue weighted by atomic mass is 31.2. The van der Waals surface area contributed by atoms with Crippen LogP contribution < -0.4 is 0 Å². The van der Waals surface area contributed by atoms with Crippen molar-refractivity contribution in [2.75, 3.05) is 26.4 Å². The van der Waals surface area contributed by atoms with E-state index in [9.17, 15) is 28.7 Å². The van der Waals surface area contributed by atoms with E-state index in [-0.39, 0.29) is 12.8 Å². The molecule has 3 unspecified atom stereocenters. The lowest BCUT2D eigenvalue weighted by Crippen LogP contribution is -2.30. The fourth-order valence-electron chi connectivity index (χ4n) is 5.14. The van der Waals surface area contributed by atoms with Crippen molar-refractivity contribution in [3.05, 3.63) is 97.2 Å². The fraction of sp³-hybridized carbons (Fsp3) is 0.609. The molecule has 0 aliphatic rings. The number of phosphoric ester groups is 2. The molecule has 3 atom stereocenters. The number of aliphatic hydroxyl groups is 1. The van der Waals surface area contributed by atoms with Crippen molar-refractivity contribution in [3.63, 3.8) is 0 Å². The number of hydrogen-bond acceptors (Lipinski definition) is 10. The zero-order valence-corrected chi connectivity index (χ0v) is 38.5. The van der Waals surface area contributed by atoms with Crippen LogP contribution in [0.1, 0.15) is 142 Å². The number of allylic oxidation sites excluding steroid dienone is 16. The third-order valence-corrected chi connectivity index (χ3v) is 9.88. The summed E-state index contributed by atoms with van der Waals surface area (Å²) in [5.41, 5.74) is 0. The lowest BCUT2D eigenvalue weighted by Gasteiger charge is -2.20. The second kappa shape index (κ2) is 41.1. The molecule has 0 saturated carbocycles. The van der Waals surface area contributed by atoms with Crippen molar-refractivity contribution in [2.24, 2.45) is 0 Å². The Bertz CT molecular complexity index is 1440. The van der Waals surface area contributed by atoms with Gasteiger partial charge in [-0.15, -0.1) is 0 Å². The summed E-state index contributed by atoms with van der Waals surface area (Å²) >= 11 is 0. The van der Waals surface area contributed by atoms with Gasteiger partial charge in [0.2, 0.25) is 0 Å². The van der Waals surface area contributed by atoms with E-state index in [0.29, 0.717) is 12.8 Å². The van der Waals surface area contributed by atoms with E-state index in [1.807, 2.05) is 0 Å². The van der Waals surface area contributed by atoms with Gasteiger partial charge in [0.25, 0.3) is 0 Å². The smallest absolute Gasteiger partial charge is 0.462 e. The first-order valence-corrected chi connectivity index (χ1v) is 25.0. The molecule has 0 rings (SSSR count). The Labute approximate surface area is 366 Å². The molecule has 0 aromatic rings. The topological polar surface area (TPSA) is 195 Å². The molecule has 0 amide bonds. The maximum absolute atomic E-state index is 12.7. The van der Waals surface area contributed by atoms with Crippen molar-refractivity contribution in [1.82, 2.24) is 0 Å². The van der Waals surface area contributed by atoms with E-state index >= 15 is 0 Å². The summed E-state index contributed by atoms with van der Waals surface area (Å²) in [6.07, 6.45) is 48.3. The largest absolute Gasteiger partial charge is 0.472 e. The zero-order chi connectivity index (χ0) is 45.1. The Kier molecular flexibility index (Phi) is 39.1. The molecular formula is C46H76O13P2. The molecule has 0 saturated heterocycles. The van der Waals surface area contributed by atoms with Gasteiger partial charge >= 0.3 is 27.6 Å². The molecule has 0 spiro atoms. The van der Waals surface area contributed by atoms with E-state index in [1.54, 1.807) is 0 Å². The molecule has 15 heteroatoms. The number of rotatable bonds is 40. The van der Waals surface area contributed by atoms with Crippen LogP contribution in [-0.2, 0) is 41.8 Å². The number of carbonyl (C=O) groups is 2. The molecule has 348 valence electrons. The van der Waals surface area contributed by atoms with E-state index in [2.05, 4.69) is 120 Å². The molecule has 0 aliphatic carbocycles. The number of esters is 2. The van der Waals surface area contributed by atoms with Crippen molar-refractivity contribution in [2.45, 2.75) is 154 Å². The van der Waals surface area contributed by atoms with Crippen LogP contribution in [0.3, 0.4) is 0 Å². The SMILES string of the molecule is CCC=CCC=CCC=CCC=CCC=CCCCCCC(=O)OC(COC(=O)CCCCC=CCC=CCC=CCCCCC)COP(=O)(O)OCC(O)COP(=O)(O)O. The van der Waals surface area contributed by atoms with Crippen LogP contribution in [0.4, 0.5) is 0 Å². The molecule has 0 aromatic carbocycles. The Morgan fingerprint density at radius 1 is 0.492 bits per heavy atom. The molecule has 13 nitrogen and oxygen atoms in total. The molecule has 61 heavy (non-hydrogen) atoms. The van der Waals surface area contributed by atoms with Crippen LogP contribution in [0.25, 0.3) is 0 Å². The molecule has 0 radical (unpaired) electrons. The summed E-state index contributed by atoms with van der Waals surface area (Å²) in [7, 11) is -9.71. The van der Waals surface area contributed by atoms with E-state index in [4.69, 9.17) is 23.8 Å². The summed E-state index contributed by atoms with van der Waals surface area (Å²) in [5, 5.41) is 9.75. The maximum atomic E-state index is 12.7. The second-order valence-electron chi connectivity index (χ2n) is 14.2. The molecule has 0 heterocycles. The predicted molar refractivity (Wildman–Crippen MR) is 243 cm³/mol. The Morgan fingerprint density at radius 2 is 0.902 bits per heavy atom. The standard InChI is InChI=1S/C46H76O13P2/c1-3-5-7-9-11-13-15-17-19-20-21-22-24-26-28-30-32-34-36-38-46(49)59-44(42-58-61(53,54)57-40-43(47)39-56-60(50,51)52)41-55-45(48)37-35-33-31-29-27-25-23-18-16-14-12-10-8-6-4-2/h5,7,11-14,17-19,21-23,26-29,43-44,47H,3-4,6,8-10,15-16,20,24-25,30-42H2,1-2H3,(H,53,54)(H2,50,51,52). The zero-order valence-electron chi connectivity index (χ0n) is 36.7. The number of unbranched alkanes of at least 4 members (excludes halogenated alkanes) is 8. The van der Waals surface area contributed by atoms with Crippen LogP contribution in [0, 0.1) is 0 Å². The van der Waals surface area contributed by atoms with Gasteiger partial charge < -0.3 is 29.3 Å². The van der Waals surface area contributed by atoms with Gasteiger partial charge in [0, 0.05) is 12.8 Å². The first kappa shape index (κ1) is 58.0. The quantitative estimate of drug-likeness (QED) is 0.0196. The van der Waals surface area contributed by atoms with Gasteiger partial charge in [0.05, 0.1) is 19.8 Å². The first-order valence-electron chi connectivity index (χ1n) is 21.9. The second-order valence-corrected chi connectivity index (χ2v) is 16.9. The van der Waals surface area contributed by atoms with Gasteiger partial charge in [-0.2, -0.15) is 0 Å². The van der Waals surface area contributed by atoms with Crippen LogP contribution in [0.2, 0.25) is 0 Å². The highest BCUT2D eigenvalue weighted by Crippen LogP contribution is 2.43. The number of ether oxygens (including phenoxy) is 2.